The fraction of sp³-hybridized carbons (Fsp3) is 0. The Morgan fingerprint density at radius 3 is 1.84 bits per heavy atom. The van der Waals surface area contributed by atoms with Gasteiger partial charge in [0.05, 0.1) is 27.8 Å². The number of hydrogen-bond acceptors (Lipinski definition) is 2. The molecule has 0 saturated carbocycles. The van der Waals surface area contributed by atoms with Gasteiger partial charge in [-0.15, -0.1) is 0 Å². The number of nitrogens with zero attached hydrogens (tertiary/aromatic N) is 2. The number of para-hydroxylation sites is 3. The third-order valence-electron chi connectivity index (χ3n) is 10.5. The normalized spacial score (nSPS) is 11.9. The molecule has 3 heteroatoms. The van der Waals surface area contributed by atoms with E-state index in [0.717, 1.165) is 50.2 Å². The summed E-state index contributed by atoms with van der Waals surface area (Å²) in [5.74, 6) is 0. The number of rotatable bonds is 4. The molecule has 0 unspecified atom stereocenters. The molecule has 51 heavy (non-hydrogen) atoms. The molecule has 0 bridgehead atoms. The molecule has 0 fully saturated rings. The van der Waals surface area contributed by atoms with Gasteiger partial charge in [-0.2, -0.15) is 0 Å². The third-order valence-corrected chi connectivity index (χ3v) is 10.5. The molecule has 0 spiro atoms. The molecule has 0 amide bonds. The Kier molecular flexibility index (Phi) is 5.96. The van der Waals surface area contributed by atoms with Gasteiger partial charge in [0.25, 0.3) is 0 Å². The Balaban J connectivity index is 1.30. The summed E-state index contributed by atoms with van der Waals surface area (Å²) in [6, 6.07) is 65.6. The van der Waals surface area contributed by atoms with Crippen molar-refractivity contribution in [2.45, 2.75) is 0 Å². The predicted molar refractivity (Wildman–Crippen MR) is 215 cm³/mol. The zero-order chi connectivity index (χ0) is 33.5. The molecule has 9 aromatic carbocycles. The van der Waals surface area contributed by atoms with Gasteiger partial charge in [0, 0.05) is 32.9 Å². The number of furan rings is 1. The highest BCUT2D eigenvalue weighted by Crippen LogP contribution is 2.48. The Hall–Kier alpha value is -6.84. The van der Waals surface area contributed by atoms with Crippen molar-refractivity contribution in [3.8, 4) is 5.69 Å². The smallest absolute Gasteiger partial charge is 0.137 e. The summed E-state index contributed by atoms with van der Waals surface area (Å²) in [5.41, 5.74) is 8.50. The van der Waals surface area contributed by atoms with Crippen LogP contribution in [0.5, 0.6) is 0 Å². The van der Waals surface area contributed by atoms with Gasteiger partial charge in [-0.25, -0.2) is 0 Å². The minimum atomic E-state index is 0.869. The molecule has 0 radical (unpaired) electrons. The van der Waals surface area contributed by atoms with Crippen molar-refractivity contribution >= 4 is 93.1 Å². The average Bonchev–Trinajstić information content (AvgIpc) is 3.74. The van der Waals surface area contributed by atoms with E-state index in [1.54, 1.807) is 0 Å². The Labute approximate surface area is 293 Å². The lowest BCUT2D eigenvalue weighted by Gasteiger charge is -2.28. The monoisotopic (exact) mass is 650 g/mol. The highest BCUT2D eigenvalue weighted by molar-refractivity contribution is 6.25. The van der Waals surface area contributed by atoms with Crippen LogP contribution in [0.2, 0.25) is 0 Å². The molecule has 238 valence electrons. The Morgan fingerprint density at radius 2 is 0.980 bits per heavy atom. The summed E-state index contributed by atoms with van der Waals surface area (Å²) in [6.45, 7) is 0. The molecule has 2 aromatic heterocycles. The van der Waals surface area contributed by atoms with Crippen molar-refractivity contribution in [2.75, 3.05) is 4.90 Å². The minimum Gasteiger partial charge on any atom is -0.456 e. The van der Waals surface area contributed by atoms with Crippen LogP contribution in [0.4, 0.5) is 17.1 Å². The van der Waals surface area contributed by atoms with Crippen LogP contribution >= 0.6 is 0 Å². The Morgan fingerprint density at radius 1 is 0.373 bits per heavy atom. The quantitative estimate of drug-likeness (QED) is 0.177. The number of aromatic nitrogens is 1. The molecule has 2 heterocycles. The molecule has 0 aliphatic carbocycles. The second kappa shape index (κ2) is 10.8. The molecular formula is C48H30N2O. The van der Waals surface area contributed by atoms with E-state index < -0.39 is 0 Å². The molecular weight excluding hydrogens is 621 g/mol. The summed E-state index contributed by atoms with van der Waals surface area (Å²) in [6.07, 6.45) is 0. The summed E-state index contributed by atoms with van der Waals surface area (Å²) < 4.78 is 8.88. The first-order valence-electron chi connectivity index (χ1n) is 17.4. The zero-order valence-corrected chi connectivity index (χ0v) is 27.6. The van der Waals surface area contributed by atoms with Crippen molar-refractivity contribution in [1.29, 1.82) is 0 Å². The lowest BCUT2D eigenvalue weighted by Crippen LogP contribution is -2.11. The van der Waals surface area contributed by atoms with Gasteiger partial charge in [0.2, 0.25) is 0 Å². The zero-order valence-electron chi connectivity index (χ0n) is 27.6. The lowest BCUT2D eigenvalue weighted by atomic mass is 9.94. The number of benzene rings is 9. The van der Waals surface area contributed by atoms with Crippen LogP contribution in [0.15, 0.2) is 186 Å². The molecule has 0 atom stereocenters. The standard InChI is InChI=1S/C48H30N2O/c1-2-14-34(15-3-1)49-40-19-8-6-17-37(40)38-29-28-35(30-43(38)49)50(42-21-11-23-45-48(42)39-18-7-9-22-44(39)51-45)41-20-10-13-32-26-27-33-25-24-31-12-4-5-16-36(31)46(33)47(32)41/h1-30H. The number of hydrogen-bond donors (Lipinski definition) is 0. The maximum absolute atomic E-state index is 6.49. The van der Waals surface area contributed by atoms with Crippen LogP contribution in [-0.4, -0.2) is 4.57 Å². The summed E-state index contributed by atoms with van der Waals surface area (Å²) in [4.78, 5) is 2.46. The third kappa shape index (κ3) is 4.12. The first-order valence-corrected chi connectivity index (χ1v) is 17.4. The van der Waals surface area contributed by atoms with Gasteiger partial charge in [0.1, 0.15) is 11.2 Å². The second-order valence-electron chi connectivity index (χ2n) is 13.3. The van der Waals surface area contributed by atoms with Gasteiger partial charge in [0.15, 0.2) is 0 Å². The molecule has 0 aliphatic rings. The fourth-order valence-corrected chi connectivity index (χ4v) is 8.34. The van der Waals surface area contributed by atoms with Gasteiger partial charge >= 0.3 is 0 Å². The van der Waals surface area contributed by atoms with Crippen molar-refractivity contribution in [2.24, 2.45) is 0 Å². The van der Waals surface area contributed by atoms with Crippen molar-refractivity contribution in [3.63, 3.8) is 0 Å². The van der Waals surface area contributed by atoms with Crippen LogP contribution < -0.4 is 4.90 Å². The Bertz CT molecular complexity index is 3150. The first kappa shape index (κ1) is 28.0. The van der Waals surface area contributed by atoms with Crippen molar-refractivity contribution < 1.29 is 4.42 Å². The van der Waals surface area contributed by atoms with Crippen LogP contribution in [0, 0.1) is 0 Å². The molecule has 0 saturated heterocycles. The fourth-order valence-electron chi connectivity index (χ4n) is 8.34. The van der Waals surface area contributed by atoms with Gasteiger partial charge in [-0.05, 0) is 81.5 Å². The number of fused-ring (bicyclic) bond motifs is 11. The maximum Gasteiger partial charge on any atom is 0.137 e. The van der Waals surface area contributed by atoms with E-state index in [4.69, 9.17) is 4.42 Å². The largest absolute Gasteiger partial charge is 0.456 e. The van der Waals surface area contributed by atoms with E-state index in [2.05, 4.69) is 185 Å². The molecule has 0 N–H and O–H groups in total. The van der Waals surface area contributed by atoms with E-state index in [1.807, 2.05) is 6.07 Å². The molecule has 11 aromatic rings. The van der Waals surface area contributed by atoms with Gasteiger partial charge < -0.3 is 13.9 Å². The van der Waals surface area contributed by atoms with E-state index in [9.17, 15) is 0 Å². The van der Waals surface area contributed by atoms with E-state index in [1.165, 1.54) is 48.6 Å². The topological polar surface area (TPSA) is 21.3 Å². The summed E-state index contributed by atoms with van der Waals surface area (Å²) in [5, 5.41) is 12.0. The molecule has 3 nitrogen and oxygen atoms in total. The minimum absolute atomic E-state index is 0.869. The second-order valence-corrected chi connectivity index (χ2v) is 13.3. The highest BCUT2D eigenvalue weighted by atomic mass is 16.3. The van der Waals surface area contributed by atoms with E-state index in [-0.39, 0.29) is 0 Å². The van der Waals surface area contributed by atoms with Crippen molar-refractivity contribution in [1.82, 2.24) is 4.57 Å². The predicted octanol–water partition coefficient (Wildman–Crippen LogP) is 13.6. The lowest BCUT2D eigenvalue weighted by molar-refractivity contribution is 0.669. The van der Waals surface area contributed by atoms with Gasteiger partial charge in [-0.1, -0.05) is 127 Å². The van der Waals surface area contributed by atoms with Crippen LogP contribution in [0.1, 0.15) is 0 Å². The van der Waals surface area contributed by atoms with Crippen molar-refractivity contribution in [3.05, 3.63) is 182 Å². The molecule has 11 rings (SSSR count). The summed E-state index contributed by atoms with van der Waals surface area (Å²) in [7, 11) is 0. The maximum atomic E-state index is 6.49. The van der Waals surface area contributed by atoms with E-state index in [0.29, 0.717) is 0 Å². The highest BCUT2D eigenvalue weighted by Gasteiger charge is 2.23. The number of anilines is 3. The average molecular weight is 651 g/mol. The van der Waals surface area contributed by atoms with Gasteiger partial charge in [-0.3, -0.25) is 0 Å². The van der Waals surface area contributed by atoms with E-state index >= 15 is 0 Å². The van der Waals surface area contributed by atoms with Crippen LogP contribution in [0.25, 0.3) is 81.7 Å². The summed E-state index contributed by atoms with van der Waals surface area (Å²) >= 11 is 0. The van der Waals surface area contributed by atoms with Crippen LogP contribution in [-0.2, 0) is 0 Å². The molecule has 0 aliphatic heterocycles. The SMILES string of the molecule is c1ccc(-n2c3ccccc3c3ccc(N(c4cccc5oc6ccccc6c45)c4cccc5ccc6ccc7ccccc7c6c45)cc32)cc1. The first-order chi connectivity index (χ1) is 25.3. The van der Waals surface area contributed by atoms with Crippen LogP contribution in [0.3, 0.4) is 0 Å².